The molecule has 16 heavy (non-hydrogen) atoms. The van der Waals surface area contributed by atoms with Crippen molar-refractivity contribution in [1.82, 2.24) is 5.32 Å². The molecule has 5 heteroatoms. The average Bonchev–Trinajstić information content (AvgIpc) is 2.88. The normalized spacial score (nSPS) is 24.5. The van der Waals surface area contributed by atoms with Gasteiger partial charge in [-0.2, -0.15) is 0 Å². The van der Waals surface area contributed by atoms with E-state index in [-0.39, 0.29) is 18.0 Å². The Balaban J connectivity index is 2.13. The minimum atomic E-state index is -1.11. The molecule has 1 aliphatic heterocycles. The smallest absolute Gasteiger partial charge is 0.324 e. The fourth-order valence-electron chi connectivity index (χ4n) is 2.01. The molecular formula is C11H13NO4. The van der Waals surface area contributed by atoms with Crippen molar-refractivity contribution >= 4 is 11.8 Å². The lowest BCUT2D eigenvalue weighted by Gasteiger charge is -2.22. The molecule has 86 valence electrons. The maximum atomic E-state index is 11.8. The van der Waals surface area contributed by atoms with Gasteiger partial charge in [-0.05, 0) is 31.5 Å². The van der Waals surface area contributed by atoms with E-state index in [0.29, 0.717) is 13.0 Å². The van der Waals surface area contributed by atoms with Crippen LogP contribution >= 0.6 is 0 Å². The molecule has 1 aliphatic rings. The molecule has 0 aliphatic carbocycles. The van der Waals surface area contributed by atoms with Crippen molar-refractivity contribution in [3.05, 3.63) is 24.2 Å². The van der Waals surface area contributed by atoms with E-state index >= 15 is 0 Å². The van der Waals surface area contributed by atoms with Gasteiger partial charge in [0.25, 0.3) is 0 Å². The highest BCUT2D eigenvalue weighted by atomic mass is 16.4. The second-order valence-corrected chi connectivity index (χ2v) is 3.99. The van der Waals surface area contributed by atoms with E-state index in [2.05, 4.69) is 5.32 Å². The first-order valence-corrected chi connectivity index (χ1v) is 5.19. The molecule has 0 bridgehead atoms. The number of ketones is 1. The van der Waals surface area contributed by atoms with Crippen LogP contribution in [0.4, 0.5) is 0 Å². The number of carboxylic acid groups (broad SMARTS) is 1. The van der Waals surface area contributed by atoms with Crippen molar-refractivity contribution in [2.75, 3.05) is 6.54 Å². The lowest BCUT2D eigenvalue weighted by atomic mass is 9.90. The molecule has 0 radical (unpaired) electrons. The lowest BCUT2D eigenvalue weighted by molar-refractivity contribution is -0.144. The Morgan fingerprint density at radius 2 is 2.38 bits per heavy atom. The van der Waals surface area contributed by atoms with Crippen LogP contribution in [-0.4, -0.2) is 28.9 Å². The zero-order valence-electron chi connectivity index (χ0n) is 8.73. The van der Waals surface area contributed by atoms with Gasteiger partial charge in [0.2, 0.25) is 0 Å². The molecule has 1 aromatic heterocycles. The van der Waals surface area contributed by atoms with Crippen LogP contribution in [0.5, 0.6) is 0 Å². The maximum absolute atomic E-state index is 11.8. The minimum absolute atomic E-state index is 0.0597. The van der Waals surface area contributed by atoms with Crippen LogP contribution in [0, 0.1) is 0 Å². The van der Waals surface area contributed by atoms with Crippen molar-refractivity contribution in [2.45, 2.75) is 24.8 Å². The second-order valence-electron chi connectivity index (χ2n) is 3.99. The number of hydrogen-bond donors (Lipinski definition) is 2. The van der Waals surface area contributed by atoms with E-state index in [9.17, 15) is 9.59 Å². The Hall–Kier alpha value is -1.62. The van der Waals surface area contributed by atoms with E-state index in [1.165, 1.54) is 6.26 Å². The van der Waals surface area contributed by atoms with Crippen molar-refractivity contribution in [3.8, 4) is 0 Å². The summed E-state index contributed by atoms with van der Waals surface area (Å²) in [5.74, 6) is -1.03. The quantitative estimate of drug-likeness (QED) is 0.746. The Kier molecular flexibility index (Phi) is 2.78. The monoisotopic (exact) mass is 223 g/mol. The zero-order chi connectivity index (χ0) is 11.6. The standard InChI is InChI=1S/C11H13NO4/c13-8(9-3-1-6-16-9)7-11(10(14)15)4-2-5-12-11/h1,3,6,12H,2,4-5,7H2,(H,14,15)/t11-/m1/s1. The highest BCUT2D eigenvalue weighted by Crippen LogP contribution is 2.25. The number of hydrogen-bond acceptors (Lipinski definition) is 4. The molecule has 0 saturated carbocycles. The number of carbonyl (C=O) groups is 2. The third kappa shape index (κ3) is 1.86. The molecule has 2 rings (SSSR count). The largest absolute Gasteiger partial charge is 0.480 e. The number of carbonyl (C=O) groups excluding carboxylic acids is 1. The van der Waals surface area contributed by atoms with E-state index in [4.69, 9.17) is 9.52 Å². The summed E-state index contributed by atoms with van der Waals surface area (Å²) in [6, 6.07) is 3.16. The summed E-state index contributed by atoms with van der Waals surface area (Å²) in [5.41, 5.74) is -1.11. The summed E-state index contributed by atoms with van der Waals surface area (Å²) in [5, 5.41) is 12.1. The van der Waals surface area contributed by atoms with Crippen LogP contribution < -0.4 is 5.32 Å². The van der Waals surface area contributed by atoms with Crippen LogP contribution in [0.15, 0.2) is 22.8 Å². The number of rotatable bonds is 4. The summed E-state index contributed by atoms with van der Waals surface area (Å²) in [6.45, 7) is 0.637. The highest BCUT2D eigenvalue weighted by Gasteiger charge is 2.43. The van der Waals surface area contributed by atoms with Gasteiger partial charge in [-0.1, -0.05) is 0 Å². The molecule has 5 nitrogen and oxygen atoms in total. The Morgan fingerprint density at radius 3 is 2.88 bits per heavy atom. The summed E-state index contributed by atoms with van der Waals surface area (Å²) in [7, 11) is 0. The van der Waals surface area contributed by atoms with Crippen molar-refractivity contribution in [1.29, 1.82) is 0 Å². The molecule has 1 fully saturated rings. The maximum Gasteiger partial charge on any atom is 0.324 e. The van der Waals surface area contributed by atoms with Gasteiger partial charge in [-0.15, -0.1) is 0 Å². The minimum Gasteiger partial charge on any atom is -0.480 e. The predicted octanol–water partition coefficient (Wildman–Crippen LogP) is 1.06. The van der Waals surface area contributed by atoms with Crippen LogP contribution in [0.2, 0.25) is 0 Å². The third-order valence-electron chi connectivity index (χ3n) is 2.91. The van der Waals surface area contributed by atoms with Crippen LogP contribution in [-0.2, 0) is 4.79 Å². The van der Waals surface area contributed by atoms with Crippen LogP contribution in [0.1, 0.15) is 29.8 Å². The number of aliphatic carboxylic acids is 1. The van der Waals surface area contributed by atoms with Gasteiger partial charge in [0.1, 0.15) is 5.54 Å². The molecular weight excluding hydrogens is 210 g/mol. The van der Waals surface area contributed by atoms with Gasteiger partial charge in [0.05, 0.1) is 6.26 Å². The summed E-state index contributed by atoms with van der Waals surface area (Å²) >= 11 is 0. The van der Waals surface area contributed by atoms with E-state index < -0.39 is 11.5 Å². The lowest BCUT2D eigenvalue weighted by Crippen LogP contribution is -2.49. The summed E-state index contributed by atoms with van der Waals surface area (Å²) < 4.78 is 4.96. The SMILES string of the molecule is O=C(C[C@@]1(C(=O)O)CCCN1)c1ccco1. The van der Waals surface area contributed by atoms with Gasteiger partial charge < -0.3 is 14.8 Å². The van der Waals surface area contributed by atoms with Crippen molar-refractivity contribution < 1.29 is 19.1 Å². The van der Waals surface area contributed by atoms with Gasteiger partial charge >= 0.3 is 5.97 Å². The Bertz CT molecular complexity index is 390. The van der Waals surface area contributed by atoms with Gasteiger partial charge in [-0.3, -0.25) is 9.59 Å². The number of furan rings is 1. The van der Waals surface area contributed by atoms with Gasteiger partial charge in [0.15, 0.2) is 11.5 Å². The van der Waals surface area contributed by atoms with Gasteiger partial charge in [-0.25, -0.2) is 0 Å². The molecule has 0 unspecified atom stereocenters. The average molecular weight is 223 g/mol. The molecule has 1 saturated heterocycles. The fraction of sp³-hybridized carbons (Fsp3) is 0.455. The third-order valence-corrected chi connectivity index (χ3v) is 2.91. The molecule has 0 spiro atoms. The van der Waals surface area contributed by atoms with Crippen LogP contribution in [0.3, 0.4) is 0 Å². The second kappa shape index (κ2) is 4.09. The zero-order valence-corrected chi connectivity index (χ0v) is 8.73. The van der Waals surface area contributed by atoms with Crippen molar-refractivity contribution in [3.63, 3.8) is 0 Å². The van der Waals surface area contributed by atoms with E-state index in [0.717, 1.165) is 6.42 Å². The van der Waals surface area contributed by atoms with Crippen LogP contribution in [0.25, 0.3) is 0 Å². The Morgan fingerprint density at radius 1 is 1.56 bits per heavy atom. The number of carboxylic acids is 1. The topological polar surface area (TPSA) is 79.5 Å². The molecule has 0 amide bonds. The fourth-order valence-corrected chi connectivity index (χ4v) is 2.01. The van der Waals surface area contributed by atoms with E-state index in [1.807, 2.05) is 0 Å². The molecule has 1 atom stereocenters. The Labute approximate surface area is 92.4 Å². The first-order chi connectivity index (χ1) is 7.64. The molecule has 2 N–H and O–H groups in total. The van der Waals surface area contributed by atoms with E-state index in [1.54, 1.807) is 12.1 Å². The van der Waals surface area contributed by atoms with Crippen molar-refractivity contribution in [2.24, 2.45) is 0 Å². The highest BCUT2D eigenvalue weighted by molar-refractivity contribution is 5.98. The first kappa shape index (κ1) is 10.9. The number of nitrogens with one attached hydrogen (secondary N) is 1. The predicted molar refractivity (Wildman–Crippen MR) is 55.3 cm³/mol. The first-order valence-electron chi connectivity index (χ1n) is 5.19. The number of Topliss-reactive ketones (excluding diaryl/α,β-unsaturated/α-hetero) is 1. The molecule has 1 aromatic rings. The van der Waals surface area contributed by atoms with Gasteiger partial charge in [0, 0.05) is 6.42 Å². The molecule has 2 heterocycles. The summed E-state index contributed by atoms with van der Waals surface area (Å²) in [6.07, 6.45) is 2.60. The molecule has 0 aromatic carbocycles. The summed E-state index contributed by atoms with van der Waals surface area (Å²) in [4.78, 5) is 23.0.